The van der Waals surface area contributed by atoms with Gasteiger partial charge in [-0.25, -0.2) is 4.39 Å². The van der Waals surface area contributed by atoms with Gasteiger partial charge in [0.15, 0.2) is 5.78 Å². The lowest BCUT2D eigenvalue weighted by molar-refractivity contribution is 0.0861. The number of carbonyl (C=O) groups is 1. The lowest BCUT2D eigenvalue weighted by Gasteiger charge is -2.27. The second kappa shape index (κ2) is 5.64. The third kappa shape index (κ3) is 2.80. The van der Waals surface area contributed by atoms with Gasteiger partial charge < -0.3 is 0 Å². The van der Waals surface area contributed by atoms with Gasteiger partial charge in [0.25, 0.3) is 0 Å². The van der Waals surface area contributed by atoms with Crippen LogP contribution in [0, 0.1) is 24.6 Å². The Kier molecular flexibility index (Phi) is 4.15. The van der Waals surface area contributed by atoms with E-state index in [1.807, 2.05) is 0 Å². The van der Waals surface area contributed by atoms with Crippen LogP contribution in [0.15, 0.2) is 18.2 Å². The molecule has 2 atom stereocenters. The predicted octanol–water partition coefficient (Wildman–Crippen LogP) is 4.53. The molecular weight excluding hydrogens is 227 g/mol. The molecule has 0 N–H and O–H groups in total. The highest BCUT2D eigenvalue weighted by Gasteiger charge is 2.27. The number of ketones is 1. The number of hydrogen-bond donors (Lipinski definition) is 0. The molecule has 2 unspecified atom stereocenters. The van der Waals surface area contributed by atoms with E-state index in [0.717, 1.165) is 25.7 Å². The highest BCUT2D eigenvalue weighted by molar-refractivity contribution is 5.97. The quantitative estimate of drug-likeness (QED) is 0.718. The zero-order chi connectivity index (χ0) is 13.1. The van der Waals surface area contributed by atoms with E-state index in [-0.39, 0.29) is 17.5 Å². The summed E-state index contributed by atoms with van der Waals surface area (Å²) in [6, 6.07) is 4.85. The van der Waals surface area contributed by atoms with Crippen molar-refractivity contribution >= 4 is 5.78 Å². The summed E-state index contributed by atoms with van der Waals surface area (Å²) in [4.78, 5) is 12.4. The molecule has 0 aromatic heterocycles. The van der Waals surface area contributed by atoms with E-state index in [1.165, 1.54) is 12.5 Å². The van der Waals surface area contributed by atoms with E-state index in [9.17, 15) is 9.18 Å². The van der Waals surface area contributed by atoms with Gasteiger partial charge in [0.05, 0.1) is 0 Å². The third-order valence-electron chi connectivity index (χ3n) is 4.19. The summed E-state index contributed by atoms with van der Waals surface area (Å²) in [6.07, 6.45) is 5.45. The van der Waals surface area contributed by atoms with E-state index in [2.05, 4.69) is 6.92 Å². The molecule has 1 saturated carbocycles. The van der Waals surface area contributed by atoms with Gasteiger partial charge in [-0.05, 0) is 37.3 Å². The van der Waals surface area contributed by atoms with Gasteiger partial charge in [-0.1, -0.05) is 38.3 Å². The summed E-state index contributed by atoms with van der Waals surface area (Å²) < 4.78 is 13.5. The molecule has 0 amide bonds. The summed E-state index contributed by atoms with van der Waals surface area (Å²) in [6.45, 7) is 3.90. The van der Waals surface area contributed by atoms with Crippen LogP contribution in [0.5, 0.6) is 0 Å². The first kappa shape index (κ1) is 13.3. The molecule has 2 heteroatoms. The molecule has 98 valence electrons. The van der Waals surface area contributed by atoms with Crippen LogP contribution in [0.2, 0.25) is 0 Å². The van der Waals surface area contributed by atoms with Gasteiger partial charge in [-0.15, -0.1) is 0 Å². The maximum absolute atomic E-state index is 13.5. The van der Waals surface area contributed by atoms with Crippen molar-refractivity contribution in [1.82, 2.24) is 0 Å². The van der Waals surface area contributed by atoms with Gasteiger partial charge in [-0.3, -0.25) is 4.79 Å². The highest BCUT2D eigenvalue weighted by atomic mass is 19.1. The van der Waals surface area contributed by atoms with Crippen molar-refractivity contribution in [3.05, 3.63) is 35.1 Å². The van der Waals surface area contributed by atoms with Crippen molar-refractivity contribution in [2.24, 2.45) is 11.8 Å². The Morgan fingerprint density at radius 1 is 1.39 bits per heavy atom. The number of carbonyl (C=O) groups excluding carboxylic acids is 1. The molecule has 1 aromatic carbocycles. The Morgan fingerprint density at radius 3 is 2.83 bits per heavy atom. The monoisotopic (exact) mass is 248 g/mol. The van der Waals surface area contributed by atoms with Crippen LogP contribution in [0.4, 0.5) is 4.39 Å². The number of benzene rings is 1. The Morgan fingerprint density at radius 2 is 2.17 bits per heavy atom. The van der Waals surface area contributed by atoms with Crippen molar-refractivity contribution in [1.29, 1.82) is 0 Å². The van der Waals surface area contributed by atoms with E-state index in [1.54, 1.807) is 19.1 Å². The summed E-state index contributed by atoms with van der Waals surface area (Å²) >= 11 is 0. The second-order valence-electron chi connectivity index (χ2n) is 5.47. The maximum atomic E-state index is 13.5. The minimum Gasteiger partial charge on any atom is -0.294 e. The number of aryl methyl sites for hydroxylation is 1. The first-order valence-electron chi connectivity index (χ1n) is 6.92. The van der Waals surface area contributed by atoms with Crippen LogP contribution in [-0.2, 0) is 0 Å². The van der Waals surface area contributed by atoms with Gasteiger partial charge in [0.2, 0.25) is 0 Å². The molecule has 0 spiro atoms. The topological polar surface area (TPSA) is 17.1 Å². The molecular formula is C16H21FO. The fourth-order valence-corrected chi connectivity index (χ4v) is 2.88. The Balaban J connectivity index is 2.12. The van der Waals surface area contributed by atoms with E-state index >= 15 is 0 Å². The number of rotatable bonds is 3. The Hall–Kier alpha value is -1.18. The maximum Gasteiger partial charge on any atom is 0.166 e. The number of halogens is 1. The molecule has 0 aliphatic heterocycles. The van der Waals surface area contributed by atoms with Crippen molar-refractivity contribution in [2.75, 3.05) is 0 Å². The van der Waals surface area contributed by atoms with Gasteiger partial charge in [-0.2, -0.15) is 0 Å². The Labute approximate surface area is 108 Å². The fraction of sp³-hybridized carbons (Fsp3) is 0.562. The molecule has 0 bridgehead atoms. The van der Waals surface area contributed by atoms with Gasteiger partial charge >= 0.3 is 0 Å². The molecule has 1 aromatic rings. The van der Waals surface area contributed by atoms with Crippen LogP contribution in [-0.4, -0.2) is 5.78 Å². The zero-order valence-corrected chi connectivity index (χ0v) is 11.2. The highest BCUT2D eigenvalue weighted by Crippen LogP contribution is 2.33. The largest absolute Gasteiger partial charge is 0.294 e. The average molecular weight is 248 g/mol. The standard InChI is InChI=1S/C16H21FO/c1-3-12-5-4-6-13(9-12)16(18)14-8-7-11(2)15(17)10-14/h7-8,10,12-13H,3-6,9H2,1-2H3. The first-order valence-corrected chi connectivity index (χ1v) is 6.92. The summed E-state index contributed by atoms with van der Waals surface area (Å²) in [7, 11) is 0. The molecule has 0 radical (unpaired) electrons. The minimum atomic E-state index is -0.274. The molecule has 1 fully saturated rings. The SMILES string of the molecule is CCC1CCCC(C(=O)c2ccc(C)c(F)c2)C1. The molecule has 1 aliphatic rings. The van der Waals surface area contributed by atoms with Crippen molar-refractivity contribution < 1.29 is 9.18 Å². The van der Waals surface area contributed by atoms with E-state index < -0.39 is 0 Å². The third-order valence-corrected chi connectivity index (χ3v) is 4.19. The van der Waals surface area contributed by atoms with Crippen LogP contribution >= 0.6 is 0 Å². The lowest BCUT2D eigenvalue weighted by atomic mass is 9.77. The smallest absolute Gasteiger partial charge is 0.166 e. The van der Waals surface area contributed by atoms with Crippen LogP contribution in [0.25, 0.3) is 0 Å². The summed E-state index contributed by atoms with van der Waals surface area (Å²) in [5, 5.41) is 0. The van der Waals surface area contributed by atoms with E-state index in [4.69, 9.17) is 0 Å². The zero-order valence-electron chi connectivity index (χ0n) is 11.2. The van der Waals surface area contributed by atoms with Crippen molar-refractivity contribution in [2.45, 2.75) is 46.0 Å². The second-order valence-corrected chi connectivity index (χ2v) is 5.47. The van der Waals surface area contributed by atoms with E-state index in [0.29, 0.717) is 17.0 Å². The predicted molar refractivity (Wildman–Crippen MR) is 71.2 cm³/mol. The van der Waals surface area contributed by atoms with Gasteiger partial charge in [0.1, 0.15) is 5.82 Å². The number of hydrogen-bond acceptors (Lipinski definition) is 1. The van der Waals surface area contributed by atoms with Crippen LogP contribution < -0.4 is 0 Å². The number of Topliss-reactive ketones (excluding diaryl/α,β-unsaturated/α-hetero) is 1. The minimum absolute atomic E-state index is 0.103. The normalized spacial score (nSPS) is 23.9. The van der Waals surface area contributed by atoms with Crippen molar-refractivity contribution in [3.8, 4) is 0 Å². The first-order chi connectivity index (χ1) is 8.61. The lowest BCUT2D eigenvalue weighted by Crippen LogP contribution is -2.23. The molecule has 0 saturated heterocycles. The van der Waals surface area contributed by atoms with Crippen LogP contribution in [0.1, 0.15) is 54.9 Å². The van der Waals surface area contributed by atoms with Crippen molar-refractivity contribution in [3.63, 3.8) is 0 Å². The molecule has 1 aliphatic carbocycles. The molecule has 1 nitrogen and oxygen atoms in total. The summed E-state index contributed by atoms with van der Waals surface area (Å²) in [5.41, 5.74) is 1.14. The van der Waals surface area contributed by atoms with Gasteiger partial charge in [0, 0.05) is 11.5 Å². The fourth-order valence-electron chi connectivity index (χ4n) is 2.88. The molecule has 2 rings (SSSR count). The van der Waals surface area contributed by atoms with Crippen LogP contribution in [0.3, 0.4) is 0 Å². The average Bonchev–Trinajstić information content (AvgIpc) is 2.41. The molecule has 0 heterocycles. The summed E-state index contributed by atoms with van der Waals surface area (Å²) in [5.74, 6) is 0.629. The molecule has 18 heavy (non-hydrogen) atoms. The Bertz CT molecular complexity index is 439.